The number of carbonyl (C=O) groups is 2. The summed E-state index contributed by atoms with van der Waals surface area (Å²) in [6, 6.07) is 10.8. The molecule has 2 N–H and O–H groups in total. The van der Waals surface area contributed by atoms with Gasteiger partial charge in [0.1, 0.15) is 0 Å². The maximum Gasteiger partial charge on any atom is 0.243 e. The van der Waals surface area contributed by atoms with Crippen molar-refractivity contribution in [3.05, 3.63) is 47.5 Å². The van der Waals surface area contributed by atoms with Crippen LogP contribution in [0.15, 0.2) is 47.4 Å². The third kappa shape index (κ3) is 5.69. The van der Waals surface area contributed by atoms with Gasteiger partial charge in [-0.25, -0.2) is 8.42 Å². The van der Waals surface area contributed by atoms with Crippen molar-refractivity contribution in [1.82, 2.24) is 4.31 Å². The third-order valence-electron chi connectivity index (χ3n) is 3.96. The first-order chi connectivity index (χ1) is 13.5. The van der Waals surface area contributed by atoms with Gasteiger partial charge in [-0.3, -0.25) is 9.59 Å². The van der Waals surface area contributed by atoms with E-state index in [0.717, 1.165) is 4.31 Å². The standard InChI is InChI=1S/C19H23ClN4O4S/c1-13(25)21-14-8-10-15(11-9-14)29(27,28)24(4)12-18(26)22-17-7-5-6-16(20)19(17)23(2)3/h5-11H,12H2,1-4H3,(H,21,25)(H,22,26). The monoisotopic (exact) mass is 438 g/mol. The van der Waals surface area contributed by atoms with E-state index in [1.807, 2.05) is 0 Å². The van der Waals surface area contributed by atoms with Gasteiger partial charge in [-0.15, -0.1) is 0 Å². The Bertz CT molecular complexity index is 1010. The summed E-state index contributed by atoms with van der Waals surface area (Å²) in [7, 11) is 1.02. The summed E-state index contributed by atoms with van der Waals surface area (Å²) in [5.41, 5.74) is 1.59. The number of likely N-dealkylation sites (N-methyl/N-ethyl adjacent to an activating group) is 1. The fraction of sp³-hybridized carbons (Fsp3) is 0.263. The first-order valence-electron chi connectivity index (χ1n) is 8.62. The molecule has 156 valence electrons. The number of para-hydroxylation sites is 1. The lowest BCUT2D eigenvalue weighted by molar-refractivity contribution is -0.116. The second-order valence-electron chi connectivity index (χ2n) is 6.55. The number of rotatable bonds is 7. The van der Waals surface area contributed by atoms with E-state index in [1.54, 1.807) is 37.2 Å². The SMILES string of the molecule is CC(=O)Nc1ccc(S(=O)(=O)N(C)CC(=O)Nc2cccc(Cl)c2N(C)C)cc1. The number of halogens is 1. The predicted molar refractivity (Wildman–Crippen MR) is 115 cm³/mol. The van der Waals surface area contributed by atoms with Crippen molar-refractivity contribution in [2.45, 2.75) is 11.8 Å². The largest absolute Gasteiger partial charge is 0.375 e. The molecule has 8 nitrogen and oxygen atoms in total. The maximum atomic E-state index is 12.7. The minimum absolute atomic E-state index is 0.0126. The number of benzene rings is 2. The predicted octanol–water partition coefficient (Wildman–Crippen LogP) is 2.62. The Morgan fingerprint density at radius 2 is 1.62 bits per heavy atom. The second kappa shape index (κ2) is 9.25. The van der Waals surface area contributed by atoms with Crippen molar-refractivity contribution in [3.8, 4) is 0 Å². The average molecular weight is 439 g/mol. The highest BCUT2D eigenvalue weighted by atomic mass is 35.5. The smallest absolute Gasteiger partial charge is 0.243 e. The van der Waals surface area contributed by atoms with E-state index in [0.29, 0.717) is 22.1 Å². The quantitative estimate of drug-likeness (QED) is 0.692. The van der Waals surface area contributed by atoms with E-state index in [9.17, 15) is 18.0 Å². The van der Waals surface area contributed by atoms with Gasteiger partial charge in [-0.2, -0.15) is 4.31 Å². The van der Waals surface area contributed by atoms with Gasteiger partial charge in [0.05, 0.1) is 27.8 Å². The van der Waals surface area contributed by atoms with E-state index in [-0.39, 0.29) is 17.3 Å². The molecule has 0 saturated heterocycles. The van der Waals surface area contributed by atoms with Crippen LogP contribution in [0.5, 0.6) is 0 Å². The van der Waals surface area contributed by atoms with Crippen molar-refractivity contribution in [2.24, 2.45) is 0 Å². The number of carbonyl (C=O) groups excluding carboxylic acids is 2. The summed E-state index contributed by atoms with van der Waals surface area (Å²) in [5.74, 6) is -0.760. The molecule has 0 aliphatic rings. The van der Waals surface area contributed by atoms with E-state index < -0.39 is 15.9 Å². The molecule has 10 heteroatoms. The van der Waals surface area contributed by atoms with Crippen molar-refractivity contribution in [3.63, 3.8) is 0 Å². The van der Waals surface area contributed by atoms with E-state index in [4.69, 9.17) is 11.6 Å². The Morgan fingerprint density at radius 1 is 1.00 bits per heavy atom. The summed E-state index contributed by atoms with van der Waals surface area (Å²) in [6.45, 7) is 0.980. The fourth-order valence-corrected chi connectivity index (χ4v) is 4.11. The van der Waals surface area contributed by atoms with Crippen LogP contribution < -0.4 is 15.5 Å². The number of hydrogen-bond donors (Lipinski definition) is 2. The van der Waals surface area contributed by atoms with E-state index in [2.05, 4.69) is 10.6 Å². The molecule has 0 aliphatic carbocycles. The first-order valence-corrected chi connectivity index (χ1v) is 10.4. The summed E-state index contributed by atoms with van der Waals surface area (Å²) < 4.78 is 26.4. The zero-order chi connectivity index (χ0) is 21.8. The van der Waals surface area contributed by atoms with E-state index in [1.165, 1.54) is 38.2 Å². The zero-order valence-corrected chi connectivity index (χ0v) is 18.1. The lowest BCUT2D eigenvalue weighted by Gasteiger charge is -2.21. The van der Waals surface area contributed by atoms with Crippen molar-refractivity contribution in [1.29, 1.82) is 0 Å². The van der Waals surface area contributed by atoms with Gasteiger partial charge >= 0.3 is 0 Å². The normalized spacial score (nSPS) is 11.2. The molecule has 2 rings (SSSR count). The maximum absolute atomic E-state index is 12.7. The van der Waals surface area contributed by atoms with Crippen LogP contribution in [0.2, 0.25) is 5.02 Å². The minimum Gasteiger partial charge on any atom is -0.375 e. The minimum atomic E-state index is -3.88. The topological polar surface area (TPSA) is 98.8 Å². The lowest BCUT2D eigenvalue weighted by atomic mass is 10.2. The summed E-state index contributed by atoms with van der Waals surface area (Å²) in [4.78, 5) is 25.3. The molecule has 2 aromatic rings. The molecule has 2 amide bonds. The molecule has 0 aliphatic heterocycles. The number of anilines is 3. The molecule has 0 bridgehead atoms. The van der Waals surface area contributed by atoms with Crippen LogP contribution in [0.4, 0.5) is 17.1 Å². The van der Waals surface area contributed by atoms with Crippen LogP contribution in [0.25, 0.3) is 0 Å². The Labute approximate surface area is 175 Å². The molecular weight excluding hydrogens is 416 g/mol. The molecular formula is C19H23ClN4O4S. The highest BCUT2D eigenvalue weighted by Gasteiger charge is 2.23. The molecule has 0 heterocycles. The van der Waals surface area contributed by atoms with Gasteiger partial charge < -0.3 is 15.5 Å². The number of nitrogens with zero attached hydrogens (tertiary/aromatic N) is 2. The second-order valence-corrected chi connectivity index (χ2v) is 9.00. The van der Waals surface area contributed by atoms with Gasteiger partial charge in [0.25, 0.3) is 0 Å². The summed E-state index contributed by atoms with van der Waals surface area (Å²) in [6.07, 6.45) is 0. The van der Waals surface area contributed by atoms with Gasteiger partial charge in [-0.05, 0) is 36.4 Å². The van der Waals surface area contributed by atoms with Gasteiger partial charge in [0.15, 0.2) is 0 Å². The van der Waals surface area contributed by atoms with Crippen LogP contribution in [-0.2, 0) is 19.6 Å². The highest BCUT2D eigenvalue weighted by molar-refractivity contribution is 7.89. The van der Waals surface area contributed by atoms with Crippen LogP contribution in [0, 0.1) is 0 Å². The van der Waals surface area contributed by atoms with Crippen LogP contribution >= 0.6 is 11.6 Å². The molecule has 2 aromatic carbocycles. The zero-order valence-electron chi connectivity index (χ0n) is 16.6. The van der Waals surface area contributed by atoms with Gasteiger partial charge in [0.2, 0.25) is 21.8 Å². The third-order valence-corrected chi connectivity index (χ3v) is 6.08. The Kier molecular flexibility index (Phi) is 7.23. The number of sulfonamides is 1. The Balaban J connectivity index is 2.13. The molecule has 0 saturated carbocycles. The van der Waals surface area contributed by atoms with Crippen LogP contribution in [-0.4, -0.2) is 52.2 Å². The van der Waals surface area contributed by atoms with Crippen molar-refractivity contribution >= 4 is 50.5 Å². The summed E-state index contributed by atoms with van der Waals surface area (Å²) in [5, 5.41) is 5.73. The Hall–Kier alpha value is -2.62. The molecule has 0 unspecified atom stereocenters. The molecule has 0 fully saturated rings. The fourth-order valence-electron chi connectivity index (χ4n) is 2.64. The first kappa shape index (κ1) is 22.7. The molecule has 0 spiro atoms. The molecule has 0 atom stereocenters. The average Bonchev–Trinajstić information content (AvgIpc) is 2.61. The van der Waals surface area contributed by atoms with Crippen LogP contribution in [0.1, 0.15) is 6.92 Å². The molecule has 29 heavy (non-hydrogen) atoms. The lowest BCUT2D eigenvalue weighted by Crippen LogP contribution is -2.35. The number of nitrogens with one attached hydrogen (secondary N) is 2. The van der Waals surface area contributed by atoms with Crippen molar-refractivity contribution < 1.29 is 18.0 Å². The molecule has 0 aromatic heterocycles. The highest BCUT2D eigenvalue weighted by Crippen LogP contribution is 2.32. The summed E-state index contributed by atoms with van der Waals surface area (Å²) >= 11 is 6.18. The number of amides is 2. The van der Waals surface area contributed by atoms with Gasteiger partial charge in [0, 0.05) is 33.8 Å². The van der Waals surface area contributed by atoms with Crippen molar-refractivity contribution in [2.75, 3.05) is 43.2 Å². The number of hydrogen-bond acceptors (Lipinski definition) is 5. The Morgan fingerprint density at radius 3 is 2.17 bits per heavy atom. The van der Waals surface area contributed by atoms with E-state index >= 15 is 0 Å². The van der Waals surface area contributed by atoms with Gasteiger partial charge in [-0.1, -0.05) is 17.7 Å². The van der Waals surface area contributed by atoms with Crippen LogP contribution in [0.3, 0.4) is 0 Å². The molecule has 0 radical (unpaired) electrons.